The second kappa shape index (κ2) is 8.35. The highest BCUT2D eigenvalue weighted by Crippen LogP contribution is 2.30. The molecular weight excluding hydrogens is 360 g/mol. The fourth-order valence-electron chi connectivity index (χ4n) is 4.37. The van der Waals surface area contributed by atoms with E-state index in [9.17, 15) is 9.59 Å². The third-order valence-electron chi connectivity index (χ3n) is 5.72. The number of piperidine rings is 2. The zero-order chi connectivity index (χ0) is 18.6. The maximum Gasteiger partial charge on any atom is 0.267 e. The smallest absolute Gasteiger partial charge is 0.267 e. The van der Waals surface area contributed by atoms with Crippen molar-refractivity contribution in [3.63, 3.8) is 0 Å². The van der Waals surface area contributed by atoms with E-state index >= 15 is 0 Å². The molecule has 0 saturated carbocycles. The predicted octanol–water partition coefficient (Wildman–Crippen LogP) is 2.35. The zero-order valence-corrected chi connectivity index (χ0v) is 16.3. The van der Waals surface area contributed by atoms with E-state index in [1.807, 2.05) is 17.5 Å². The van der Waals surface area contributed by atoms with Crippen LogP contribution in [0.4, 0.5) is 0 Å². The molecule has 2 aliphatic rings. The van der Waals surface area contributed by atoms with Crippen molar-refractivity contribution >= 4 is 17.2 Å². The van der Waals surface area contributed by atoms with Gasteiger partial charge in [-0.1, -0.05) is 12.5 Å². The van der Waals surface area contributed by atoms with Crippen LogP contribution < -0.4 is 10.9 Å². The number of carbonyl (C=O) groups excluding carboxylic acids is 1. The molecule has 4 rings (SSSR count). The molecule has 0 aliphatic carbocycles. The van der Waals surface area contributed by atoms with Gasteiger partial charge in [-0.2, -0.15) is 5.10 Å². The fraction of sp³-hybridized carbons (Fsp3) is 0.550. The van der Waals surface area contributed by atoms with Gasteiger partial charge in [-0.25, -0.2) is 4.68 Å². The Labute approximate surface area is 163 Å². The van der Waals surface area contributed by atoms with Crippen molar-refractivity contribution in [2.75, 3.05) is 19.6 Å². The van der Waals surface area contributed by atoms with Crippen molar-refractivity contribution in [2.24, 2.45) is 5.92 Å². The van der Waals surface area contributed by atoms with Gasteiger partial charge >= 0.3 is 0 Å². The Balaban J connectivity index is 1.37. The van der Waals surface area contributed by atoms with Gasteiger partial charge in [0, 0.05) is 18.7 Å². The van der Waals surface area contributed by atoms with Crippen LogP contribution in [-0.2, 0) is 11.3 Å². The molecule has 2 aromatic rings. The van der Waals surface area contributed by atoms with Crippen molar-refractivity contribution in [1.82, 2.24) is 20.0 Å². The Hall–Kier alpha value is -1.99. The molecule has 2 saturated heterocycles. The molecule has 2 aromatic heterocycles. The molecule has 0 spiro atoms. The minimum Gasteiger partial charge on any atom is -0.354 e. The molecule has 144 valence electrons. The summed E-state index contributed by atoms with van der Waals surface area (Å²) in [7, 11) is 0. The van der Waals surface area contributed by atoms with Gasteiger partial charge in [0.1, 0.15) is 12.2 Å². The molecule has 4 heterocycles. The molecule has 0 unspecified atom stereocenters. The van der Waals surface area contributed by atoms with Gasteiger partial charge in [-0.3, -0.25) is 9.59 Å². The summed E-state index contributed by atoms with van der Waals surface area (Å²) in [6, 6.07) is 7.71. The van der Waals surface area contributed by atoms with Gasteiger partial charge in [0.05, 0.1) is 4.88 Å². The normalized spacial score (nSPS) is 23.0. The van der Waals surface area contributed by atoms with Crippen molar-refractivity contribution in [3.8, 4) is 10.6 Å². The van der Waals surface area contributed by atoms with Crippen LogP contribution in [-0.4, -0.2) is 46.3 Å². The van der Waals surface area contributed by atoms with Crippen LogP contribution in [0.3, 0.4) is 0 Å². The highest BCUT2D eigenvalue weighted by Gasteiger charge is 2.32. The lowest BCUT2D eigenvalue weighted by molar-refractivity contribution is -0.122. The lowest BCUT2D eigenvalue weighted by atomic mass is 9.83. The van der Waals surface area contributed by atoms with Crippen molar-refractivity contribution in [1.29, 1.82) is 0 Å². The van der Waals surface area contributed by atoms with E-state index in [0.29, 0.717) is 18.5 Å². The molecule has 0 aromatic carbocycles. The Morgan fingerprint density at radius 3 is 2.93 bits per heavy atom. The number of hydrogen-bond acceptors (Lipinski definition) is 5. The molecule has 1 N–H and O–H groups in total. The van der Waals surface area contributed by atoms with Crippen LogP contribution in [0.15, 0.2) is 34.4 Å². The molecule has 2 atom stereocenters. The predicted molar refractivity (Wildman–Crippen MR) is 107 cm³/mol. The minimum atomic E-state index is -0.249. The fourth-order valence-corrected chi connectivity index (χ4v) is 5.06. The van der Waals surface area contributed by atoms with Gasteiger partial charge in [-0.05, 0) is 62.2 Å². The van der Waals surface area contributed by atoms with Gasteiger partial charge in [0.2, 0.25) is 5.91 Å². The molecular formula is C20H26N4O2S. The van der Waals surface area contributed by atoms with Crippen molar-refractivity contribution in [2.45, 2.75) is 44.7 Å². The summed E-state index contributed by atoms with van der Waals surface area (Å²) in [6.45, 7) is 3.06. The molecule has 0 bridgehead atoms. The van der Waals surface area contributed by atoms with E-state index < -0.39 is 0 Å². The second-order valence-electron chi connectivity index (χ2n) is 7.50. The maximum absolute atomic E-state index is 12.4. The molecule has 2 fully saturated rings. The number of nitrogens with zero attached hydrogens (tertiary/aromatic N) is 3. The molecule has 27 heavy (non-hydrogen) atoms. The summed E-state index contributed by atoms with van der Waals surface area (Å²) < 4.78 is 1.26. The summed E-state index contributed by atoms with van der Waals surface area (Å²) >= 11 is 1.57. The third kappa shape index (κ3) is 4.30. The van der Waals surface area contributed by atoms with Crippen molar-refractivity contribution < 1.29 is 4.79 Å². The lowest BCUT2D eigenvalue weighted by Gasteiger charge is -2.44. The van der Waals surface area contributed by atoms with E-state index in [4.69, 9.17) is 0 Å². The van der Waals surface area contributed by atoms with Gasteiger partial charge in [0.25, 0.3) is 5.56 Å². The maximum atomic E-state index is 12.4. The zero-order valence-electron chi connectivity index (χ0n) is 15.5. The molecule has 2 aliphatic heterocycles. The van der Waals surface area contributed by atoms with E-state index in [1.54, 1.807) is 17.4 Å². The molecule has 6 nitrogen and oxygen atoms in total. The average molecular weight is 387 g/mol. The Kier molecular flexibility index (Phi) is 5.69. The number of fused-ring (bicyclic) bond motifs is 1. The van der Waals surface area contributed by atoms with Crippen LogP contribution in [0.25, 0.3) is 10.6 Å². The average Bonchev–Trinajstić information content (AvgIpc) is 3.23. The Morgan fingerprint density at radius 1 is 1.19 bits per heavy atom. The second-order valence-corrected chi connectivity index (χ2v) is 8.44. The Bertz CT molecular complexity index is 831. The van der Waals surface area contributed by atoms with Crippen molar-refractivity contribution in [3.05, 3.63) is 40.0 Å². The summed E-state index contributed by atoms with van der Waals surface area (Å²) in [5.74, 6) is 0.381. The van der Waals surface area contributed by atoms with Gasteiger partial charge < -0.3 is 10.2 Å². The van der Waals surface area contributed by atoms with E-state index in [0.717, 1.165) is 10.6 Å². The SMILES string of the molecule is O=C(Cn1nc(-c2cccs2)ccc1=O)NC[C@H]1CCCN2CCCC[C@H]12. The van der Waals surface area contributed by atoms with E-state index in [-0.39, 0.29) is 18.0 Å². The van der Waals surface area contributed by atoms with E-state index in [1.165, 1.54) is 55.9 Å². The number of hydrogen-bond donors (Lipinski definition) is 1. The first-order valence-electron chi connectivity index (χ1n) is 9.83. The largest absolute Gasteiger partial charge is 0.354 e. The van der Waals surface area contributed by atoms with Crippen LogP contribution in [0.5, 0.6) is 0 Å². The lowest BCUT2D eigenvalue weighted by Crippen LogP contribution is -2.51. The standard InChI is InChI=1S/C20H26N4O2S/c25-19(21-13-15-5-3-11-23-10-2-1-6-17(15)23)14-24-20(26)9-8-16(22-24)18-7-4-12-27-18/h4,7-9,12,15,17H,1-3,5-6,10-11,13-14H2,(H,21,25)/t15-,17-/m1/s1. The first-order valence-corrected chi connectivity index (χ1v) is 10.7. The van der Waals surface area contributed by atoms with Crippen LogP contribution >= 0.6 is 11.3 Å². The number of thiophene rings is 1. The number of amides is 1. The Morgan fingerprint density at radius 2 is 2.07 bits per heavy atom. The first-order chi connectivity index (χ1) is 13.2. The van der Waals surface area contributed by atoms with Crippen LogP contribution in [0, 0.1) is 5.92 Å². The highest BCUT2D eigenvalue weighted by molar-refractivity contribution is 7.13. The monoisotopic (exact) mass is 386 g/mol. The number of carbonyl (C=O) groups is 1. The third-order valence-corrected chi connectivity index (χ3v) is 6.62. The summed E-state index contributed by atoms with van der Waals surface area (Å²) in [5.41, 5.74) is 0.476. The van der Waals surface area contributed by atoms with E-state index in [2.05, 4.69) is 15.3 Å². The molecule has 1 amide bonds. The number of nitrogens with one attached hydrogen (secondary N) is 1. The number of aromatic nitrogens is 2. The summed E-state index contributed by atoms with van der Waals surface area (Å²) in [4.78, 5) is 28.1. The molecule has 7 heteroatoms. The van der Waals surface area contributed by atoms with Crippen LogP contribution in [0.1, 0.15) is 32.1 Å². The summed E-state index contributed by atoms with van der Waals surface area (Å²) in [5, 5.41) is 9.38. The number of rotatable bonds is 5. The first kappa shape index (κ1) is 18.4. The topological polar surface area (TPSA) is 67.2 Å². The van der Waals surface area contributed by atoms with Gasteiger partial charge in [0.15, 0.2) is 0 Å². The molecule has 0 radical (unpaired) electrons. The van der Waals surface area contributed by atoms with Gasteiger partial charge in [-0.15, -0.1) is 11.3 Å². The highest BCUT2D eigenvalue weighted by atomic mass is 32.1. The van der Waals surface area contributed by atoms with Crippen LogP contribution in [0.2, 0.25) is 0 Å². The quantitative estimate of drug-likeness (QED) is 0.857. The summed E-state index contributed by atoms with van der Waals surface area (Å²) in [6.07, 6.45) is 6.21. The minimum absolute atomic E-state index is 0.0286.